The maximum absolute atomic E-state index is 14.1. The van der Waals surface area contributed by atoms with Crippen molar-refractivity contribution >= 4 is 39.9 Å². The van der Waals surface area contributed by atoms with Gasteiger partial charge in [0.05, 0.1) is 17.5 Å². The highest BCUT2D eigenvalue weighted by Crippen LogP contribution is 2.61. The third-order valence-electron chi connectivity index (χ3n) is 8.43. The number of hydrogen-bond donors (Lipinski definition) is 1. The average Bonchev–Trinajstić information content (AvgIpc) is 3.52. The smallest absolute Gasteiger partial charge is 0.250 e. The topological polar surface area (TPSA) is 69.7 Å². The van der Waals surface area contributed by atoms with Crippen LogP contribution in [-0.4, -0.2) is 35.2 Å². The zero-order chi connectivity index (χ0) is 23.4. The van der Waals surface area contributed by atoms with Gasteiger partial charge >= 0.3 is 0 Å². The van der Waals surface area contributed by atoms with Crippen LogP contribution in [0, 0.1) is 25.7 Å². The highest BCUT2D eigenvalue weighted by molar-refractivity contribution is 6.26. The van der Waals surface area contributed by atoms with Crippen molar-refractivity contribution < 1.29 is 14.4 Å². The summed E-state index contributed by atoms with van der Waals surface area (Å²) in [5.41, 5.74) is 3.15. The van der Waals surface area contributed by atoms with E-state index in [-0.39, 0.29) is 23.8 Å². The van der Waals surface area contributed by atoms with E-state index in [1.807, 2.05) is 62.4 Å². The molecule has 3 fully saturated rings. The van der Waals surface area contributed by atoms with Crippen molar-refractivity contribution in [1.82, 2.24) is 4.90 Å². The number of amides is 3. The highest BCUT2D eigenvalue weighted by Gasteiger charge is 2.74. The molecule has 3 amide bonds. The Morgan fingerprint density at radius 2 is 1.74 bits per heavy atom. The van der Waals surface area contributed by atoms with E-state index in [0.29, 0.717) is 12.2 Å². The molecular weight excluding hydrogens is 426 g/mol. The van der Waals surface area contributed by atoms with Gasteiger partial charge in [-0.2, -0.15) is 0 Å². The number of anilines is 2. The van der Waals surface area contributed by atoms with Crippen molar-refractivity contribution in [3.8, 4) is 0 Å². The molecule has 6 heteroatoms. The van der Waals surface area contributed by atoms with Crippen LogP contribution in [0.25, 0.3) is 10.8 Å². The Bertz CT molecular complexity index is 1450. The largest absolute Gasteiger partial charge is 0.324 e. The molecule has 1 N–H and O–H groups in total. The number of fused-ring (bicyclic) bond motifs is 8. The van der Waals surface area contributed by atoms with E-state index in [0.717, 1.165) is 46.0 Å². The summed E-state index contributed by atoms with van der Waals surface area (Å²) in [6, 6.07) is 17.6. The zero-order valence-electron chi connectivity index (χ0n) is 19.2. The Balaban J connectivity index is 1.43. The maximum Gasteiger partial charge on any atom is 0.250 e. The van der Waals surface area contributed by atoms with Gasteiger partial charge in [0, 0.05) is 17.3 Å². The number of carbonyl (C=O) groups is 3. The third kappa shape index (κ3) is 2.22. The number of nitrogens with one attached hydrogen (secondary N) is 1. The molecule has 4 aliphatic heterocycles. The fraction of sp³-hybridized carbons (Fsp3) is 0.321. The Hall–Kier alpha value is -3.51. The summed E-state index contributed by atoms with van der Waals surface area (Å²) in [6.45, 7) is 4.72. The van der Waals surface area contributed by atoms with Gasteiger partial charge in [0.2, 0.25) is 17.7 Å². The van der Waals surface area contributed by atoms with Crippen LogP contribution in [0.4, 0.5) is 11.4 Å². The molecule has 7 rings (SSSR count). The molecule has 4 aliphatic rings. The Morgan fingerprint density at radius 3 is 2.56 bits per heavy atom. The van der Waals surface area contributed by atoms with Crippen molar-refractivity contribution in [2.45, 2.75) is 38.3 Å². The van der Waals surface area contributed by atoms with E-state index in [1.54, 1.807) is 0 Å². The molecule has 3 aromatic rings. The third-order valence-corrected chi connectivity index (χ3v) is 8.43. The molecule has 3 saturated heterocycles. The molecule has 0 bridgehead atoms. The first-order valence-corrected chi connectivity index (χ1v) is 12.0. The number of hydrogen-bond acceptors (Lipinski definition) is 4. The Morgan fingerprint density at radius 1 is 0.941 bits per heavy atom. The van der Waals surface area contributed by atoms with Gasteiger partial charge in [-0.25, -0.2) is 4.90 Å². The van der Waals surface area contributed by atoms with Crippen molar-refractivity contribution in [2.75, 3.05) is 16.8 Å². The van der Waals surface area contributed by atoms with Crippen LogP contribution in [-0.2, 0) is 19.9 Å². The molecule has 3 aromatic carbocycles. The number of imide groups is 1. The lowest BCUT2D eigenvalue weighted by atomic mass is 9.75. The van der Waals surface area contributed by atoms with Gasteiger partial charge in [0.1, 0.15) is 5.54 Å². The lowest BCUT2D eigenvalue weighted by molar-refractivity contribution is -0.135. The van der Waals surface area contributed by atoms with Gasteiger partial charge in [0.25, 0.3) is 0 Å². The van der Waals surface area contributed by atoms with Gasteiger partial charge < -0.3 is 5.32 Å². The molecule has 0 saturated carbocycles. The highest BCUT2D eigenvalue weighted by atomic mass is 16.2. The summed E-state index contributed by atoms with van der Waals surface area (Å²) in [5.74, 6) is -1.85. The first kappa shape index (κ1) is 19.9. The maximum atomic E-state index is 14.1. The molecule has 170 valence electrons. The first-order chi connectivity index (χ1) is 16.4. The van der Waals surface area contributed by atoms with E-state index in [1.165, 1.54) is 4.90 Å². The van der Waals surface area contributed by atoms with Crippen LogP contribution in [0.2, 0.25) is 0 Å². The van der Waals surface area contributed by atoms with Gasteiger partial charge in [-0.3, -0.25) is 19.3 Å². The molecule has 0 radical (unpaired) electrons. The second-order valence-corrected chi connectivity index (χ2v) is 10.2. The average molecular weight is 452 g/mol. The number of carbonyl (C=O) groups excluding carboxylic acids is 3. The minimum atomic E-state index is -1.13. The fourth-order valence-corrected chi connectivity index (χ4v) is 7.23. The van der Waals surface area contributed by atoms with Crippen molar-refractivity contribution in [1.29, 1.82) is 0 Å². The fourth-order valence-electron chi connectivity index (χ4n) is 7.23. The van der Waals surface area contributed by atoms with E-state index in [2.05, 4.69) is 16.3 Å². The first-order valence-electron chi connectivity index (χ1n) is 12.0. The molecule has 0 aliphatic carbocycles. The van der Waals surface area contributed by atoms with E-state index >= 15 is 0 Å². The van der Waals surface area contributed by atoms with Gasteiger partial charge in [-0.15, -0.1) is 0 Å². The number of rotatable bonds is 1. The number of nitrogens with zero attached hydrogens (tertiary/aromatic N) is 2. The predicted octanol–water partition coefficient (Wildman–Crippen LogP) is 3.89. The van der Waals surface area contributed by atoms with Crippen LogP contribution in [0.1, 0.15) is 29.5 Å². The number of benzene rings is 3. The molecule has 0 aromatic heterocycles. The Kier molecular flexibility index (Phi) is 3.83. The minimum Gasteiger partial charge on any atom is -0.324 e. The molecule has 0 unspecified atom stereocenters. The van der Waals surface area contributed by atoms with Crippen LogP contribution in [0.15, 0.2) is 54.6 Å². The van der Waals surface area contributed by atoms with Crippen LogP contribution in [0.3, 0.4) is 0 Å². The summed E-state index contributed by atoms with van der Waals surface area (Å²) in [7, 11) is 0. The molecular formula is C28H25N3O3. The normalized spacial score (nSPS) is 29.8. The standard InChI is InChI=1S/C28H25N3O3/c1-15-12-16(2)24-20(13-15)28(27(34)29-24)23-22(21-8-5-11-30(21)28)25(32)31(26(23)33)19-10-9-17-6-3-4-7-18(17)14-19/h3-4,6-7,9-10,12-14,21-23H,5,8,11H2,1-2H3,(H,29,34)/t21-,22-,23-,28+/m0/s1. The van der Waals surface area contributed by atoms with Crippen molar-refractivity contribution in [3.63, 3.8) is 0 Å². The van der Waals surface area contributed by atoms with Gasteiger partial charge in [-0.05, 0) is 61.7 Å². The van der Waals surface area contributed by atoms with Gasteiger partial charge in [0.15, 0.2) is 0 Å². The summed E-state index contributed by atoms with van der Waals surface area (Å²) < 4.78 is 0. The molecule has 4 atom stereocenters. The molecule has 4 heterocycles. The van der Waals surface area contributed by atoms with Crippen molar-refractivity contribution in [2.24, 2.45) is 11.8 Å². The summed E-state index contributed by atoms with van der Waals surface area (Å²) in [6.07, 6.45) is 1.74. The predicted molar refractivity (Wildman–Crippen MR) is 129 cm³/mol. The lowest BCUT2D eigenvalue weighted by Gasteiger charge is -2.36. The van der Waals surface area contributed by atoms with Crippen molar-refractivity contribution in [3.05, 3.63) is 71.3 Å². The lowest BCUT2D eigenvalue weighted by Crippen LogP contribution is -2.54. The van der Waals surface area contributed by atoms with E-state index < -0.39 is 17.4 Å². The second kappa shape index (κ2) is 6.54. The SMILES string of the molecule is Cc1cc(C)c2c(c1)[C@]1(C(=O)N2)[C@@H]2C(=O)N(c3ccc4ccccc4c3)C(=O)[C@H]2[C@@H]2CCCN21. The second-order valence-electron chi connectivity index (χ2n) is 10.2. The summed E-state index contributed by atoms with van der Waals surface area (Å²) in [4.78, 5) is 45.4. The Labute approximate surface area is 197 Å². The molecule has 6 nitrogen and oxygen atoms in total. The van der Waals surface area contributed by atoms with Crippen LogP contribution in [0.5, 0.6) is 0 Å². The molecule has 1 spiro atoms. The monoisotopic (exact) mass is 451 g/mol. The number of aryl methyl sites for hydroxylation is 2. The zero-order valence-corrected chi connectivity index (χ0v) is 19.2. The van der Waals surface area contributed by atoms with E-state index in [9.17, 15) is 14.4 Å². The van der Waals surface area contributed by atoms with Crippen LogP contribution < -0.4 is 10.2 Å². The van der Waals surface area contributed by atoms with Crippen LogP contribution >= 0.6 is 0 Å². The summed E-state index contributed by atoms with van der Waals surface area (Å²) in [5, 5.41) is 5.13. The quantitative estimate of drug-likeness (QED) is 0.570. The van der Waals surface area contributed by atoms with E-state index in [4.69, 9.17) is 0 Å². The molecule has 34 heavy (non-hydrogen) atoms. The summed E-state index contributed by atoms with van der Waals surface area (Å²) >= 11 is 0. The van der Waals surface area contributed by atoms with Gasteiger partial charge in [-0.1, -0.05) is 48.0 Å². The minimum absolute atomic E-state index is 0.107.